The third-order valence-electron chi connectivity index (χ3n) is 3.88. The van der Waals surface area contributed by atoms with E-state index in [4.69, 9.17) is 15.6 Å². The lowest BCUT2D eigenvalue weighted by molar-refractivity contribution is -0.0780. The van der Waals surface area contributed by atoms with Crippen molar-refractivity contribution in [3.63, 3.8) is 0 Å². The summed E-state index contributed by atoms with van der Waals surface area (Å²) in [6.07, 6.45) is -2.49. The lowest BCUT2D eigenvalue weighted by Crippen LogP contribution is -2.36. The molecule has 108 valence electrons. The average molecular weight is 281 g/mol. The van der Waals surface area contributed by atoms with E-state index in [0.717, 1.165) is 0 Å². The monoisotopic (exact) mass is 281 g/mol. The molecule has 1 aliphatic rings. The summed E-state index contributed by atoms with van der Waals surface area (Å²) in [5.74, 6) is 0. The molecule has 3 rings (SSSR count). The Morgan fingerprint density at radius 1 is 1.50 bits per heavy atom. The normalized spacial score (nSPS) is 33.9. The van der Waals surface area contributed by atoms with Gasteiger partial charge in [-0.3, -0.25) is 0 Å². The molecule has 7 heteroatoms. The molecule has 6 nitrogen and oxygen atoms in total. The Balaban J connectivity index is 2.13. The second-order valence-electron chi connectivity index (χ2n) is 5.14. The van der Waals surface area contributed by atoms with Crippen LogP contribution in [0.3, 0.4) is 0 Å². The van der Waals surface area contributed by atoms with Crippen molar-refractivity contribution in [1.29, 1.82) is 0 Å². The van der Waals surface area contributed by atoms with Crippen LogP contribution in [0.5, 0.6) is 0 Å². The molecule has 1 fully saturated rings. The molecule has 0 aliphatic carbocycles. The molecular formula is C13H16FN3O3. The predicted molar refractivity (Wildman–Crippen MR) is 69.8 cm³/mol. The minimum absolute atomic E-state index is 0.447. The van der Waals surface area contributed by atoms with E-state index in [9.17, 15) is 9.50 Å². The topological polar surface area (TPSA) is 93.0 Å². The molecule has 3 heterocycles. The summed E-state index contributed by atoms with van der Waals surface area (Å²) in [5, 5.41) is 23.1. The first-order valence-corrected chi connectivity index (χ1v) is 6.32. The van der Waals surface area contributed by atoms with Gasteiger partial charge < -0.3 is 20.7 Å². The van der Waals surface area contributed by atoms with Crippen molar-refractivity contribution >= 4 is 11.2 Å². The van der Waals surface area contributed by atoms with Crippen LogP contribution in [0.1, 0.15) is 12.6 Å². The summed E-state index contributed by atoms with van der Waals surface area (Å²) in [6, 6.07) is 5.03. The third kappa shape index (κ3) is 1.64. The largest absolute Gasteiger partial charge is 0.397 e. The number of aliphatic hydroxyl groups excluding tert-OH is 2. The van der Waals surface area contributed by atoms with Crippen molar-refractivity contribution in [3.8, 4) is 0 Å². The number of ether oxygens (including phenoxy) is 1. The molecule has 20 heavy (non-hydrogen) atoms. The van der Waals surface area contributed by atoms with Crippen LogP contribution < -0.4 is 5.73 Å². The molecule has 4 atom stereocenters. The first kappa shape index (κ1) is 13.3. The second kappa shape index (κ2) is 4.41. The van der Waals surface area contributed by atoms with E-state index in [2.05, 4.69) is 5.10 Å². The third-order valence-corrected chi connectivity index (χ3v) is 3.88. The minimum atomic E-state index is -1.67. The van der Waals surface area contributed by atoms with E-state index in [1.807, 2.05) is 0 Å². The fourth-order valence-corrected chi connectivity index (χ4v) is 2.72. The van der Waals surface area contributed by atoms with E-state index >= 15 is 0 Å². The zero-order valence-corrected chi connectivity index (χ0v) is 10.9. The van der Waals surface area contributed by atoms with Crippen LogP contribution in [0.15, 0.2) is 24.4 Å². The standard InChI is InChI=1S/C13H16FN3O3/c1-13(12(14)11(19)9(6-18)20-13)10-3-2-8-7(15)4-5-16-17(8)10/h2-5,9,11-12,18-19H,6,15H2,1H3/t9-,11-,12-,13+/m1/s1. The predicted octanol–water partition coefficient (Wildman–Crippen LogP) is 0.222. The summed E-state index contributed by atoms with van der Waals surface area (Å²) >= 11 is 0. The maximum Gasteiger partial charge on any atom is 0.163 e. The molecule has 2 aromatic rings. The molecular weight excluding hydrogens is 265 g/mol. The van der Waals surface area contributed by atoms with E-state index < -0.39 is 30.6 Å². The first-order chi connectivity index (χ1) is 9.49. The molecule has 0 aromatic carbocycles. The van der Waals surface area contributed by atoms with Crippen molar-refractivity contribution in [2.75, 3.05) is 12.3 Å². The smallest absolute Gasteiger partial charge is 0.163 e. The Morgan fingerprint density at radius 3 is 2.90 bits per heavy atom. The number of fused-ring (bicyclic) bond motifs is 1. The van der Waals surface area contributed by atoms with E-state index in [1.54, 1.807) is 18.2 Å². The van der Waals surface area contributed by atoms with Gasteiger partial charge in [-0.05, 0) is 25.1 Å². The number of halogens is 1. The Morgan fingerprint density at radius 2 is 2.25 bits per heavy atom. The minimum Gasteiger partial charge on any atom is -0.397 e. The lowest BCUT2D eigenvalue weighted by Gasteiger charge is -2.26. The first-order valence-electron chi connectivity index (χ1n) is 6.32. The number of aromatic nitrogens is 2. The molecule has 0 saturated carbocycles. The van der Waals surface area contributed by atoms with Crippen LogP contribution in [0.25, 0.3) is 5.52 Å². The number of nitrogens with zero attached hydrogens (tertiary/aromatic N) is 2. The summed E-state index contributed by atoms with van der Waals surface area (Å²) in [4.78, 5) is 0. The number of anilines is 1. The Kier molecular flexibility index (Phi) is 2.93. The highest BCUT2D eigenvalue weighted by atomic mass is 19.1. The van der Waals surface area contributed by atoms with E-state index in [-0.39, 0.29) is 0 Å². The van der Waals surface area contributed by atoms with Gasteiger partial charge in [0.05, 0.1) is 23.5 Å². The fourth-order valence-electron chi connectivity index (χ4n) is 2.72. The van der Waals surface area contributed by atoms with Crippen molar-refractivity contribution in [2.45, 2.75) is 30.9 Å². The number of nitrogen functional groups attached to an aromatic ring is 1. The van der Waals surface area contributed by atoms with Crippen LogP contribution in [0.2, 0.25) is 0 Å². The molecule has 1 aliphatic heterocycles. The van der Waals surface area contributed by atoms with Crippen LogP contribution in [-0.4, -0.2) is 44.8 Å². The van der Waals surface area contributed by atoms with Gasteiger partial charge in [0.25, 0.3) is 0 Å². The number of rotatable bonds is 2. The molecule has 2 aromatic heterocycles. The Labute approximate surface area is 114 Å². The summed E-state index contributed by atoms with van der Waals surface area (Å²) in [7, 11) is 0. The molecule has 0 bridgehead atoms. The summed E-state index contributed by atoms with van der Waals surface area (Å²) in [5.41, 5.74) is 6.06. The molecule has 0 spiro atoms. The highest BCUT2D eigenvalue weighted by Crippen LogP contribution is 2.42. The molecule has 0 amide bonds. The zero-order chi connectivity index (χ0) is 14.5. The number of hydrogen-bond donors (Lipinski definition) is 3. The molecule has 0 unspecified atom stereocenters. The van der Waals surface area contributed by atoms with Crippen LogP contribution in [-0.2, 0) is 10.3 Å². The number of nitrogens with two attached hydrogens (primary N) is 1. The van der Waals surface area contributed by atoms with Crippen LogP contribution >= 0.6 is 0 Å². The highest BCUT2D eigenvalue weighted by molar-refractivity contribution is 5.69. The van der Waals surface area contributed by atoms with Crippen molar-refractivity contribution < 1.29 is 19.3 Å². The van der Waals surface area contributed by atoms with Gasteiger partial charge in [-0.25, -0.2) is 8.91 Å². The van der Waals surface area contributed by atoms with Gasteiger partial charge >= 0.3 is 0 Å². The van der Waals surface area contributed by atoms with Gasteiger partial charge in [-0.2, -0.15) is 5.10 Å². The van der Waals surface area contributed by atoms with Gasteiger partial charge in [0.1, 0.15) is 17.8 Å². The fraction of sp³-hybridized carbons (Fsp3) is 0.462. The van der Waals surface area contributed by atoms with Gasteiger partial charge in [0, 0.05) is 6.20 Å². The number of alkyl halides is 1. The summed E-state index contributed by atoms with van der Waals surface area (Å²) < 4.78 is 21.5. The molecule has 4 N–H and O–H groups in total. The van der Waals surface area contributed by atoms with Crippen LogP contribution in [0, 0.1) is 0 Å². The highest BCUT2D eigenvalue weighted by Gasteiger charge is 2.54. The second-order valence-corrected chi connectivity index (χ2v) is 5.14. The van der Waals surface area contributed by atoms with E-state index in [1.165, 1.54) is 17.6 Å². The number of aliphatic hydroxyl groups is 2. The number of hydrogen-bond acceptors (Lipinski definition) is 5. The van der Waals surface area contributed by atoms with Gasteiger partial charge in [0.2, 0.25) is 0 Å². The van der Waals surface area contributed by atoms with Crippen molar-refractivity contribution in [3.05, 3.63) is 30.1 Å². The van der Waals surface area contributed by atoms with Crippen molar-refractivity contribution in [1.82, 2.24) is 9.61 Å². The van der Waals surface area contributed by atoms with Gasteiger partial charge in [-0.1, -0.05) is 0 Å². The van der Waals surface area contributed by atoms with Crippen molar-refractivity contribution in [2.24, 2.45) is 0 Å². The van der Waals surface area contributed by atoms with Gasteiger partial charge in [0.15, 0.2) is 6.17 Å². The van der Waals surface area contributed by atoms with Gasteiger partial charge in [-0.15, -0.1) is 0 Å². The average Bonchev–Trinajstić information content (AvgIpc) is 2.96. The lowest BCUT2D eigenvalue weighted by atomic mass is 9.94. The Hall–Kier alpha value is -1.70. The quantitative estimate of drug-likeness (QED) is 0.732. The molecule has 1 saturated heterocycles. The van der Waals surface area contributed by atoms with Crippen LogP contribution in [0.4, 0.5) is 10.1 Å². The van der Waals surface area contributed by atoms with E-state index in [0.29, 0.717) is 16.9 Å². The zero-order valence-electron chi connectivity index (χ0n) is 10.9. The maximum absolute atomic E-state index is 14.4. The maximum atomic E-state index is 14.4. The Bertz CT molecular complexity index is 647. The summed E-state index contributed by atoms with van der Waals surface area (Å²) in [6.45, 7) is 1.08. The molecule has 0 radical (unpaired) electrons. The SMILES string of the molecule is C[C@@]1(c2ccc3c(N)ccnn23)O[C@H](CO)[C@@H](O)[C@H]1F.